The molecule has 2 N–H and O–H groups in total. The van der Waals surface area contributed by atoms with Crippen molar-refractivity contribution in [2.45, 2.75) is 50.7 Å². The molecule has 2 aliphatic carbocycles. The average molecular weight is 183 g/mol. The fourth-order valence-electron chi connectivity index (χ4n) is 2.70. The lowest BCUT2D eigenvalue weighted by Gasteiger charge is -2.27. The zero-order chi connectivity index (χ0) is 9.26. The maximum atomic E-state index is 6.25. The van der Waals surface area contributed by atoms with Gasteiger partial charge in [0.2, 0.25) is 0 Å². The van der Waals surface area contributed by atoms with Gasteiger partial charge in [-0.25, -0.2) is 0 Å². The molecule has 0 bridgehead atoms. The Morgan fingerprint density at radius 3 is 2.15 bits per heavy atom. The SMILES string of the molecule is COC(C1CC1)C(N)C1CCCC1. The molecule has 2 heteroatoms. The van der Waals surface area contributed by atoms with Crippen LogP contribution in [0.2, 0.25) is 0 Å². The molecular weight excluding hydrogens is 162 g/mol. The molecule has 2 nitrogen and oxygen atoms in total. The number of methoxy groups -OCH3 is 1. The molecule has 13 heavy (non-hydrogen) atoms. The summed E-state index contributed by atoms with van der Waals surface area (Å²) in [6.45, 7) is 0. The Bertz CT molecular complexity index is 161. The predicted molar refractivity (Wildman–Crippen MR) is 53.5 cm³/mol. The van der Waals surface area contributed by atoms with E-state index in [1.54, 1.807) is 0 Å². The molecule has 0 heterocycles. The minimum Gasteiger partial charge on any atom is -0.380 e. The number of hydrogen-bond acceptors (Lipinski definition) is 2. The molecule has 2 aliphatic rings. The largest absolute Gasteiger partial charge is 0.380 e. The fraction of sp³-hybridized carbons (Fsp3) is 1.00. The van der Waals surface area contributed by atoms with Crippen molar-refractivity contribution in [1.29, 1.82) is 0 Å². The molecule has 0 amide bonds. The number of hydrogen-bond donors (Lipinski definition) is 1. The van der Waals surface area contributed by atoms with Crippen LogP contribution in [0, 0.1) is 11.8 Å². The lowest BCUT2D eigenvalue weighted by atomic mass is 9.92. The first kappa shape index (κ1) is 9.47. The van der Waals surface area contributed by atoms with Crippen molar-refractivity contribution in [3.05, 3.63) is 0 Å². The number of ether oxygens (including phenoxy) is 1. The van der Waals surface area contributed by atoms with Crippen LogP contribution < -0.4 is 5.73 Å². The molecule has 0 aromatic heterocycles. The van der Waals surface area contributed by atoms with Gasteiger partial charge in [0.05, 0.1) is 6.10 Å². The van der Waals surface area contributed by atoms with Gasteiger partial charge in [0.25, 0.3) is 0 Å². The fourth-order valence-corrected chi connectivity index (χ4v) is 2.70. The molecule has 0 aromatic carbocycles. The first-order valence-electron chi connectivity index (χ1n) is 5.61. The summed E-state index contributed by atoms with van der Waals surface area (Å²) in [5, 5.41) is 0. The molecule has 2 rings (SSSR count). The number of nitrogens with two attached hydrogens (primary N) is 1. The molecule has 2 unspecified atom stereocenters. The molecule has 2 atom stereocenters. The second-order valence-electron chi connectivity index (χ2n) is 4.66. The Morgan fingerprint density at radius 1 is 1.08 bits per heavy atom. The summed E-state index contributed by atoms with van der Waals surface area (Å²) < 4.78 is 5.52. The summed E-state index contributed by atoms with van der Waals surface area (Å²) in [5.74, 6) is 1.52. The van der Waals surface area contributed by atoms with Crippen molar-refractivity contribution in [3.63, 3.8) is 0 Å². The summed E-state index contributed by atoms with van der Waals surface area (Å²) in [4.78, 5) is 0. The van der Waals surface area contributed by atoms with Crippen molar-refractivity contribution in [1.82, 2.24) is 0 Å². The van der Waals surface area contributed by atoms with Crippen LogP contribution in [-0.4, -0.2) is 19.3 Å². The van der Waals surface area contributed by atoms with Gasteiger partial charge in [-0.15, -0.1) is 0 Å². The van der Waals surface area contributed by atoms with E-state index in [0.29, 0.717) is 12.1 Å². The van der Waals surface area contributed by atoms with Crippen LogP contribution in [0.15, 0.2) is 0 Å². The lowest BCUT2D eigenvalue weighted by Crippen LogP contribution is -2.42. The van der Waals surface area contributed by atoms with Crippen LogP contribution in [-0.2, 0) is 4.74 Å². The maximum Gasteiger partial charge on any atom is 0.0752 e. The molecule has 76 valence electrons. The van der Waals surface area contributed by atoms with E-state index in [-0.39, 0.29) is 0 Å². The van der Waals surface area contributed by atoms with Crippen LogP contribution >= 0.6 is 0 Å². The van der Waals surface area contributed by atoms with Gasteiger partial charge in [0, 0.05) is 13.2 Å². The highest BCUT2D eigenvalue weighted by molar-refractivity contribution is 4.92. The second-order valence-corrected chi connectivity index (χ2v) is 4.66. The molecule has 2 fully saturated rings. The van der Waals surface area contributed by atoms with Gasteiger partial charge >= 0.3 is 0 Å². The summed E-state index contributed by atoms with van der Waals surface area (Å²) in [7, 11) is 1.82. The van der Waals surface area contributed by atoms with E-state index in [4.69, 9.17) is 10.5 Å². The smallest absolute Gasteiger partial charge is 0.0752 e. The van der Waals surface area contributed by atoms with Gasteiger partial charge in [-0.05, 0) is 37.5 Å². The van der Waals surface area contributed by atoms with E-state index in [1.807, 2.05) is 7.11 Å². The standard InChI is InChI=1S/C11H21NO/c1-13-11(9-6-7-9)10(12)8-4-2-3-5-8/h8-11H,2-7,12H2,1H3. The van der Waals surface area contributed by atoms with Crippen LogP contribution in [0.4, 0.5) is 0 Å². The predicted octanol–water partition coefficient (Wildman–Crippen LogP) is 1.93. The summed E-state index contributed by atoms with van der Waals surface area (Å²) in [6, 6.07) is 0.306. The first-order chi connectivity index (χ1) is 6.33. The van der Waals surface area contributed by atoms with Gasteiger partial charge in [-0.1, -0.05) is 12.8 Å². The van der Waals surface area contributed by atoms with Crippen molar-refractivity contribution < 1.29 is 4.74 Å². The van der Waals surface area contributed by atoms with Crippen molar-refractivity contribution in [3.8, 4) is 0 Å². The van der Waals surface area contributed by atoms with E-state index < -0.39 is 0 Å². The third-order valence-corrected chi connectivity index (χ3v) is 3.68. The zero-order valence-electron chi connectivity index (χ0n) is 8.54. The third kappa shape index (κ3) is 2.05. The van der Waals surface area contributed by atoms with Gasteiger partial charge in [-0.2, -0.15) is 0 Å². The molecule has 0 aromatic rings. The molecule has 0 aliphatic heterocycles. The van der Waals surface area contributed by atoms with E-state index in [0.717, 1.165) is 11.8 Å². The highest BCUT2D eigenvalue weighted by Crippen LogP contribution is 2.39. The van der Waals surface area contributed by atoms with Gasteiger partial charge in [-0.3, -0.25) is 0 Å². The topological polar surface area (TPSA) is 35.2 Å². The van der Waals surface area contributed by atoms with Gasteiger partial charge in [0.1, 0.15) is 0 Å². The maximum absolute atomic E-state index is 6.25. The molecule has 0 spiro atoms. The van der Waals surface area contributed by atoms with Crippen LogP contribution in [0.5, 0.6) is 0 Å². The van der Waals surface area contributed by atoms with E-state index in [2.05, 4.69) is 0 Å². The van der Waals surface area contributed by atoms with Crippen LogP contribution in [0.1, 0.15) is 38.5 Å². The second kappa shape index (κ2) is 3.97. The Morgan fingerprint density at radius 2 is 1.69 bits per heavy atom. The molecule has 0 radical (unpaired) electrons. The minimum atomic E-state index is 0.306. The van der Waals surface area contributed by atoms with Gasteiger partial charge in [0.15, 0.2) is 0 Å². The normalized spacial score (nSPS) is 29.1. The lowest BCUT2D eigenvalue weighted by molar-refractivity contribution is 0.0456. The van der Waals surface area contributed by atoms with Crippen molar-refractivity contribution >= 4 is 0 Å². The van der Waals surface area contributed by atoms with Gasteiger partial charge < -0.3 is 10.5 Å². The van der Waals surface area contributed by atoms with Crippen LogP contribution in [0.3, 0.4) is 0 Å². The van der Waals surface area contributed by atoms with E-state index in [1.165, 1.54) is 38.5 Å². The van der Waals surface area contributed by atoms with E-state index >= 15 is 0 Å². The molecule has 0 saturated heterocycles. The first-order valence-corrected chi connectivity index (χ1v) is 5.61. The minimum absolute atomic E-state index is 0.306. The highest BCUT2D eigenvalue weighted by atomic mass is 16.5. The number of rotatable bonds is 4. The van der Waals surface area contributed by atoms with Crippen molar-refractivity contribution in [2.24, 2.45) is 17.6 Å². The summed E-state index contributed by atoms with van der Waals surface area (Å²) >= 11 is 0. The summed E-state index contributed by atoms with van der Waals surface area (Å²) in [6.07, 6.45) is 8.42. The average Bonchev–Trinajstić information content (AvgIpc) is 2.83. The quantitative estimate of drug-likeness (QED) is 0.722. The van der Waals surface area contributed by atoms with Crippen molar-refractivity contribution in [2.75, 3.05) is 7.11 Å². The molecular formula is C11H21NO. The molecule has 2 saturated carbocycles. The third-order valence-electron chi connectivity index (χ3n) is 3.68. The Kier molecular flexibility index (Phi) is 2.89. The monoisotopic (exact) mass is 183 g/mol. The Balaban J connectivity index is 1.88. The Labute approximate surface area is 80.8 Å². The van der Waals surface area contributed by atoms with Crippen LogP contribution in [0.25, 0.3) is 0 Å². The summed E-state index contributed by atoms with van der Waals surface area (Å²) in [5.41, 5.74) is 6.25. The van der Waals surface area contributed by atoms with E-state index in [9.17, 15) is 0 Å². The zero-order valence-corrected chi connectivity index (χ0v) is 8.54. The Hall–Kier alpha value is -0.0800. The highest BCUT2D eigenvalue weighted by Gasteiger charge is 2.38.